The van der Waals surface area contributed by atoms with Crippen molar-refractivity contribution in [3.63, 3.8) is 0 Å². The molecular weight excluding hydrogens is 330 g/mol. The average Bonchev–Trinajstić information content (AvgIpc) is 3.23. The number of nitrogens with zero attached hydrogens (tertiary/aromatic N) is 3. The maximum Gasteiger partial charge on any atom is 0.361 e. The van der Waals surface area contributed by atoms with Crippen LogP contribution in [0.3, 0.4) is 0 Å². The van der Waals surface area contributed by atoms with Crippen LogP contribution < -0.4 is 5.63 Å². The molecule has 0 fully saturated rings. The van der Waals surface area contributed by atoms with E-state index in [-0.39, 0.29) is 11.8 Å². The Bertz CT molecular complexity index is 932. The molecule has 0 aliphatic carbocycles. The van der Waals surface area contributed by atoms with Gasteiger partial charge < -0.3 is 4.52 Å². The lowest BCUT2D eigenvalue weighted by Crippen LogP contribution is -2.12. The Hall–Kier alpha value is -2.89. The Morgan fingerprint density at radius 2 is 1.96 bits per heavy atom. The molecule has 0 amide bonds. The van der Waals surface area contributed by atoms with Crippen LogP contribution in [-0.2, 0) is 6.42 Å². The lowest BCUT2D eigenvalue weighted by atomic mass is 10.0. The van der Waals surface area contributed by atoms with Crippen molar-refractivity contribution in [2.75, 3.05) is 0 Å². The van der Waals surface area contributed by atoms with Gasteiger partial charge in [0.15, 0.2) is 0 Å². The molecule has 0 saturated heterocycles. The fourth-order valence-electron chi connectivity index (χ4n) is 3.13. The van der Waals surface area contributed by atoms with E-state index in [1.54, 1.807) is 17.8 Å². The summed E-state index contributed by atoms with van der Waals surface area (Å²) < 4.78 is 8.08. The van der Waals surface area contributed by atoms with Gasteiger partial charge in [-0.2, -0.15) is 5.10 Å². The topological polar surface area (TPSA) is 70.0 Å². The molecule has 2 aromatic heterocycles. The second kappa shape index (κ2) is 7.56. The van der Waals surface area contributed by atoms with Crippen molar-refractivity contribution < 1.29 is 9.32 Å². The van der Waals surface area contributed by atoms with Gasteiger partial charge in [-0.25, -0.2) is 9.48 Å². The fraction of sp³-hybridized carbons (Fsp3) is 0.350. The van der Waals surface area contributed by atoms with Gasteiger partial charge in [0.1, 0.15) is 0 Å². The summed E-state index contributed by atoms with van der Waals surface area (Å²) in [6.45, 7) is 5.59. The highest BCUT2D eigenvalue weighted by atomic mass is 16.5. The molecule has 6 heteroatoms. The predicted octanol–water partition coefficient (Wildman–Crippen LogP) is 3.72. The minimum Gasteiger partial charge on any atom is -0.328 e. The quantitative estimate of drug-likeness (QED) is 0.677. The van der Waals surface area contributed by atoms with Crippen LogP contribution in [0.25, 0.3) is 5.69 Å². The monoisotopic (exact) mass is 353 g/mol. The van der Waals surface area contributed by atoms with Crippen molar-refractivity contribution in [1.82, 2.24) is 14.5 Å². The minimum atomic E-state index is -0.417. The van der Waals surface area contributed by atoms with Crippen LogP contribution >= 0.6 is 0 Å². The molecule has 0 aliphatic heterocycles. The molecule has 3 aromatic rings. The van der Waals surface area contributed by atoms with E-state index in [4.69, 9.17) is 4.52 Å². The van der Waals surface area contributed by atoms with Gasteiger partial charge in [-0.05, 0) is 49.4 Å². The molecule has 0 bridgehead atoms. The van der Waals surface area contributed by atoms with E-state index in [1.165, 1.54) is 0 Å². The summed E-state index contributed by atoms with van der Waals surface area (Å²) in [5.74, 6) is -0.145. The average molecular weight is 353 g/mol. The van der Waals surface area contributed by atoms with Gasteiger partial charge in [0.25, 0.3) is 5.91 Å². The van der Waals surface area contributed by atoms with Gasteiger partial charge in [-0.15, -0.1) is 4.74 Å². The van der Waals surface area contributed by atoms with Gasteiger partial charge in [0.05, 0.1) is 16.9 Å². The number of aromatic nitrogens is 3. The molecule has 0 aliphatic rings. The number of aryl methyl sites for hydroxylation is 1. The summed E-state index contributed by atoms with van der Waals surface area (Å²) in [4.78, 5) is 24.3. The fourth-order valence-corrected chi connectivity index (χ4v) is 3.13. The van der Waals surface area contributed by atoms with Gasteiger partial charge in [-0.1, -0.05) is 26.0 Å². The van der Waals surface area contributed by atoms with E-state index < -0.39 is 5.63 Å². The first kappa shape index (κ1) is 17.9. The number of rotatable bonds is 6. The smallest absolute Gasteiger partial charge is 0.328 e. The molecule has 3 rings (SSSR count). The Morgan fingerprint density at radius 1 is 1.23 bits per heavy atom. The third-order valence-corrected chi connectivity index (χ3v) is 4.45. The van der Waals surface area contributed by atoms with E-state index in [2.05, 4.69) is 5.10 Å². The van der Waals surface area contributed by atoms with E-state index in [0.717, 1.165) is 22.4 Å². The van der Waals surface area contributed by atoms with Crippen molar-refractivity contribution in [1.29, 1.82) is 0 Å². The molecule has 0 radical (unpaired) electrons. The Balaban J connectivity index is 1.59. The molecule has 1 aromatic carbocycles. The first-order valence-electron chi connectivity index (χ1n) is 8.82. The number of benzene rings is 1. The van der Waals surface area contributed by atoms with E-state index in [0.29, 0.717) is 24.1 Å². The first-order chi connectivity index (χ1) is 12.5. The largest absolute Gasteiger partial charge is 0.361 e. The van der Waals surface area contributed by atoms with Crippen LogP contribution in [0.1, 0.15) is 54.2 Å². The van der Waals surface area contributed by atoms with Crippen molar-refractivity contribution in [3.05, 3.63) is 70.0 Å². The molecule has 136 valence electrons. The zero-order valence-corrected chi connectivity index (χ0v) is 15.3. The molecule has 0 atom stereocenters. The Kier molecular flexibility index (Phi) is 5.21. The third-order valence-electron chi connectivity index (χ3n) is 4.45. The lowest BCUT2D eigenvalue weighted by molar-refractivity contribution is 0.0767. The Morgan fingerprint density at radius 3 is 2.54 bits per heavy atom. The maximum absolute atomic E-state index is 12.4. The van der Waals surface area contributed by atoms with Gasteiger partial charge >= 0.3 is 5.63 Å². The van der Waals surface area contributed by atoms with Crippen LogP contribution in [0.15, 0.2) is 52.0 Å². The first-order valence-corrected chi connectivity index (χ1v) is 8.82. The zero-order valence-electron chi connectivity index (χ0n) is 15.3. The molecular formula is C20H23N3O3. The highest BCUT2D eigenvalue weighted by molar-refractivity contribution is 5.78. The molecule has 0 N–H and O–H groups in total. The zero-order chi connectivity index (χ0) is 18.7. The van der Waals surface area contributed by atoms with Gasteiger partial charge in [0.2, 0.25) is 0 Å². The lowest BCUT2D eigenvalue weighted by Gasteiger charge is -2.06. The van der Waals surface area contributed by atoms with Gasteiger partial charge in [-0.3, -0.25) is 4.79 Å². The van der Waals surface area contributed by atoms with Crippen LogP contribution in [-0.4, -0.2) is 20.4 Å². The molecule has 0 spiro atoms. The summed E-state index contributed by atoms with van der Waals surface area (Å²) in [5.41, 5.74) is 2.93. The van der Waals surface area contributed by atoms with Crippen LogP contribution in [0, 0.1) is 6.92 Å². The normalized spacial score (nSPS) is 11.2. The number of carbonyl (C=O) groups excluding carboxylic acids is 1. The van der Waals surface area contributed by atoms with Crippen molar-refractivity contribution >= 4 is 5.91 Å². The highest BCUT2D eigenvalue weighted by Gasteiger charge is 2.20. The Labute approximate surface area is 152 Å². The van der Waals surface area contributed by atoms with Crippen molar-refractivity contribution in [2.24, 2.45) is 0 Å². The molecule has 6 nitrogen and oxygen atoms in total. The summed E-state index contributed by atoms with van der Waals surface area (Å²) in [5, 5.41) is 4.20. The summed E-state index contributed by atoms with van der Waals surface area (Å²) in [7, 11) is 0. The SMILES string of the molecule is Cc1c(C(C)C)c(=O)on1C(=O)CCCc1ccc(-n2cccn2)cc1. The summed E-state index contributed by atoms with van der Waals surface area (Å²) in [6, 6.07) is 9.98. The third kappa shape index (κ3) is 3.69. The molecule has 0 saturated carbocycles. The van der Waals surface area contributed by atoms with Crippen molar-refractivity contribution in [3.8, 4) is 5.69 Å². The van der Waals surface area contributed by atoms with E-state index >= 15 is 0 Å². The molecule has 2 heterocycles. The second-order valence-electron chi connectivity index (χ2n) is 6.69. The number of hydrogen-bond donors (Lipinski definition) is 0. The van der Waals surface area contributed by atoms with Gasteiger partial charge in [0, 0.05) is 18.8 Å². The van der Waals surface area contributed by atoms with Crippen LogP contribution in [0.4, 0.5) is 0 Å². The molecule has 0 unspecified atom stereocenters. The maximum atomic E-state index is 12.4. The van der Waals surface area contributed by atoms with E-state index in [9.17, 15) is 9.59 Å². The standard InChI is InChI=1S/C20H23N3O3/c1-14(2)19-15(3)23(26-20(19)25)18(24)7-4-6-16-8-10-17(11-9-16)22-13-5-12-21-22/h5,8-14H,4,6-7H2,1-3H3. The number of carbonyl (C=O) groups is 1. The summed E-state index contributed by atoms with van der Waals surface area (Å²) in [6.07, 6.45) is 5.44. The summed E-state index contributed by atoms with van der Waals surface area (Å²) >= 11 is 0. The van der Waals surface area contributed by atoms with Crippen LogP contribution in [0.5, 0.6) is 0 Å². The number of hydrogen-bond acceptors (Lipinski definition) is 4. The van der Waals surface area contributed by atoms with Crippen LogP contribution in [0.2, 0.25) is 0 Å². The van der Waals surface area contributed by atoms with Crippen molar-refractivity contribution in [2.45, 2.75) is 46.0 Å². The second-order valence-corrected chi connectivity index (χ2v) is 6.69. The van der Waals surface area contributed by atoms with E-state index in [1.807, 2.05) is 50.4 Å². The highest BCUT2D eigenvalue weighted by Crippen LogP contribution is 2.17. The molecule has 26 heavy (non-hydrogen) atoms. The minimum absolute atomic E-state index is 0.0357. The predicted molar refractivity (Wildman–Crippen MR) is 98.9 cm³/mol.